The maximum atomic E-state index is 5.61. The largest absolute Gasteiger partial charge is 0.390 e. The number of halogens is 1. The van der Waals surface area contributed by atoms with E-state index in [2.05, 4.69) is 21.1 Å². The highest BCUT2D eigenvalue weighted by atomic mass is 79.9. The molecule has 2 aromatic rings. The molecule has 0 atom stereocenters. The topological polar surface area (TPSA) is 21.6 Å². The van der Waals surface area contributed by atoms with E-state index in [1.165, 1.54) is 0 Å². The molecular weight excluding hydrogens is 314 g/mol. The van der Waals surface area contributed by atoms with Crippen molar-refractivity contribution >= 4 is 21.6 Å². The van der Waals surface area contributed by atoms with Crippen molar-refractivity contribution < 1.29 is 4.84 Å². The molecule has 3 heteroatoms. The van der Waals surface area contributed by atoms with Gasteiger partial charge in [-0.05, 0) is 32.9 Å². The molecule has 0 heterocycles. The maximum absolute atomic E-state index is 5.61. The standard InChI is InChI=1S/C17H18BrNO/c1-17(2,3)20-19-16(13-7-5-4-6-8-13)14-9-11-15(18)12-10-14/h4-12H,1-3H3. The minimum absolute atomic E-state index is 0.310. The van der Waals surface area contributed by atoms with Crippen LogP contribution in [0.3, 0.4) is 0 Å². The van der Waals surface area contributed by atoms with Gasteiger partial charge in [0.05, 0.1) is 0 Å². The lowest BCUT2D eigenvalue weighted by Gasteiger charge is -2.17. The third-order valence-electron chi connectivity index (χ3n) is 2.58. The van der Waals surface area contributed by atoms with Gasteiger partial charge in [-0.25, -0.2) is 0 Å². The molecule has 0 N–H and O–H groups in total. The van der Waals surface area contributed by atoms with E-state index in [0.29, 0.717) is 0 Å². The van der Waals surface area contributed by atoms with Crippen LogP contribution in [0.2, 0.25) is 0 Å². The van der Waals surface area contributed by atoms with Crippen LogP contribution >= 0.6 is 15.9 Å². The van der Waals surface area contributed by atoms with Crippen molar-refractivity contribution in [2.24, 2.45) is 5.16 Å². The molecule has 0 aliphatic heterocycles. The first-order valence-electron chi connectivity index (χ1n) is 6.53. The summed E-state index contributed by atoms with van der Waals surface area (Å²) in [6.07, 6.45) is 0. The Labute approximate surface area is 128 Å². The monoisotopic (exact) mass is 331 g/mol. The van der Waals surface area contributed by atoms with Gasteiger partial charge in [-0.1, -0.05) is 63.6 Å². The van der Waals surface area contributed by atoms with Gasteiger partial charge in [0.15, 0.2) is 0 Å². The van der Waals surface area contributed by atoms with Crippen molar-refractivity contribution in [2.45, 2.75) is 26.4 Å². The number of nitrogens with zero attached hydrogens (tertiary/aromatic N) is 1. The molecule has 0 unspecified atom stereocenters. The molecule has 104 valence electrons. The Kier molecular flexibility index (Phi) is 4.61. The fraction of sp³-hybridized carbons (Fsp3) is 0.235. The quantitative estimate of drug-likeness (QED) is 0.571. The zero-order valence-electron chi connectivity index (χ0n) is 11.9. The van der Waals surface area contributed by atoms with Crippen molar-refractivity contribution in [3.63, 3.8) is 0 Å². The SMILES string of the molecule is CC(C)(C)ON=C(c1ccccc1)c1ccc(Br)cc1. The van der Waals surface area contributed by atoms with Gasteiger partial charge in [0.1, 0.15) is 11.3 Å². The molecule has 0 aliphatic rings. The molecule has 0 radical (unpaired) electrons. The summed E-state index contributed by atoms with van der Waals surface area (Å²) in [6.45, 7) is 5.96. The summed E-state index contributed by atoms with van der Waals surface area (Å²) in [7, 11) is 0. The lowest BCUT2D eigenvalue weighted by molar-refractivity contribution is 0.00117. The number of benzene rings is 2. The Balaban J connectivity index is 2.42. The third-order valence-corrected chi connectivity index (χ3v) is 3.10. The fourth-order valence-electron chi connectivity index (χ4n) is 1.66. The predicted octanol–water partition coefficient (Wildman–Crippen LogP) is 5.02. The van der Waals surface area contributed by atoms with Crippen LogP contribution in [0.1, 0.15) is 31.9 Å². The Morgan fingerprint density at radius 1 is 0.900 bits per heavy atom. The zero-order valence-corrected chi connectivity index (χ0v) is 13.5. The van der Waals surface area contributed by atoms with Gasteiger partial charge in [0.2, 0.25) is 0 Å². The Morgan fingerprint density at radius 2 is 1.45 bits per heavy atom. The number of hydrogen-bond acceptors (Lipinski definition) is 2. The van der Waals surface area contributed by atoms with E-state index in [1.807, 2.05) is 75.4 Å². The fourth-order valence-corrected chi connectivity index (χ4v) is 1.92. The van der Waals surface area contributed by atoms with Crippen LogP contribution in [0.5, 0.6) is 0 Å². The minimum Gasteiger partial charge on any atom is -0.390 e. The van der Waals surface area contributed by atoms with E-state index in [9.17, 15) is 0 Å². The Bertz CT molecular complexity index is 583. The van der Waals surface area contributed by atoms with Gasteiger partial charge in [0.25, 0.3) is 0 Å². The van der Waals surface area contributed by atoms with E-state index < -0.39 is 0 Å². The molecule has 0 saturated heterocycles. The summed E-state index contributed by atoms with van der Waals surface area (Å²) in [6, 6.07) is 18.1. The molecule has 2 nitrogen and oxygen atoms in total. The van der Waals surface area contributed by atoms with Gasteiger partial charge >= 0.3 is 0 Å². The lowest BCUT2D eigenvalue weighted by Crippen LogP contribution is -2.17. The second kappa shape index (κ2) is 6.23. The van der Waals surface area contributed by atoms with Gasteiger partial charge in [-0.15, -0.1) is 0 Å². The van der Waals surface area contributed by atoms with E-state index >= 15 is 0 Å². The average molecular weight is 332 g/mol. The second-order valence-corrected chi connectivity index (χ2v) is 6.43. The molecule has 0 aliphatic carbocycles. The van der Waals surface area contributed by atoms with Crippen molar-refractivity contribution in [3.8, 4) is 0 Å². The lowest BCUT2D eigenvalue weighted by atomic mass is 10.0. The molecule has 0 amide bonds. The molecule has 20 heavy (non-hydrogen) atoms. The molecule has 0 saturated carbocycles. The van der Waals surface area contributed by atoms with Crippen molar-refractivity contribution in [3.05, 3.63) is 70.2 Å². The average Bonchev–Trinajstić information content (AvgIpc) is 2.41. The highest BCUT2D eigenvalue weighted by Gasteiger charge is 2.13. The summed E-state index contributed by atoms with van der Waals surface area (Å²) in [5, 5.41) is 4.37. The van der Waals surface area contributed by atoms with Crippen LogP contribution in [0.15, 0.2) is 64.2 Å². The summed E-state index contributed by atoms with van der Waals surface area (Å²) >= 11 is 3.45. The van der Waals surface area contributed by atoms with E-state index in [-0.39, 0.29) is 5.60 Å². The van der Waals surface area contributed by atoms with Crippen molar-refractivity contribution in [1.29, 1.82) is 0 Å². The maximum Gasteiger partial charge on any atom is 0.129 e. The highest BCUT2D eigenvalue weighted by molar-refractivity contribution is 9.10. The molecule has 0 spiro atoms. The Morgan fingerprint density at radius 3 is 2.00 bits per heavy atom. The number of oxime groups is 1. The van der Waals surface area contributed by atoms with Crippen molar-refractivity contribution in [1.82, 2.24) is 0 Å². The zero-order chi connectivity index (χ0) is 14.6. The van der Waals surface area contributed by atoms with Crippen LogP contribution in [0.25, 0.3) is 0 Å². The van der Waals surface area contributed by atoms with Gasteiger partial charge in [-0.3, -0.25) is 0 Å². The van der Waals surface area contributed by atoms with Crippen molar-refractivity contribution in [2.75, 3.05) is 0 Å². The normalized spacial score (nSPS) is 12.3. The van der Waals surface area contributed by atoms with E-state index in [1.54, 1.807) is 0 Å². The minimum atomic E-state index is -0.310. The summed E-state index contributed by atoms with van der Waals surface area (Å²) in [4.78, 5) is 5.61. The predicted molar refractivity (Wildman–Crippen MR) is 87.1 cm³/mol. The van der Waals surface area contributed by atoms with Gasteiger partial charge < -0.3 is 4.84 Å². The molecule has 0 aromatic heterocycles. The summed E-state index contributed by atoms with van der Waals surface area (Å²) in [5.74, 6) is 0. The van der Waals surface area contributed by atoms with Crippen LogP contribution in [0, 0.1) is 0 Å². The highest BCUT2D eigenvalue weighted by Crippen LogP contribution is 2.17. The second-order valence-electron chi connectivity index (χ2n) is 5.52. The van der Waals surface area contributed by atoms with Crippen LogP contribution in [-0.4, -0.2) is 11.3 Å². The van der Waals surface area contributed by atoms with Crippen LogP contribution < -0.4 is 0 Å². The first kappa shape index (κ1) is 14.8. The smallest absolute Gasteiger partial charge is 0.129 e. The summed E-state index contributed by atoms with van der Waals surface area (Å²) < 4.78 is 1.05. The number of rotatable bonds is 3. The van der Waals surface area contributed by atoms with E-state index in [4.69, 9.17) is 4.84 Å². The molecule has 2 aromatic carbocycles. The summed E-state index contributed by atoms with van der Waals surface area (Å²) in [5.41, 5.74) is 2.60. The first-order valence-corrected chi connectivity index (χ1v) is 7.32. The van der Waals surface area contributed by atoms with Gasteiger partial charge in [-0.2, -0.15) is 0 Å². The van der Waals surface area contributed by atoms with Gasteiger partial charge in [0, 0.05) is 15.6 Å². The van der Waals surface area contributed by atoms with E-state index in [0.717, 1.165) is 21.3 Å². The Hall–Kier alpha value is -1.61. The number of hydrogen-bond donors (Lipinski definition) is 0. The first-order chi connectivity index (χ1) is 9.46. The molecule has 0 fully saturated rings. The van der Waals surface area contributed by atoms with Crippen LogP contribution in [-0.2, 0) is 4.84 Å². The molecule has 0 bridgehead atoms. The molecular formula is C17H18BrNO. The molecule has 2 rings (SSSR count). The van der Waals surface area contributed by atoms with Crippen LogP contribution in [0.4, 0.5) is 0 Å². The third kappa shape index (κ3) is 4.20.